The molecule has 40 heavy (non-hydrogen) atoms. The molecule has 1 aromatic carbocycles. The van der Waals surface area contributed by atoms with Crippen molar-refractivity contribution in [2.75, 3.05) is 11.9 Å². The van der Waals surface area contributed by atoms with Gasteiger partial charge >= 0.3 is 6.18 Å². The number of benzene rings is 1. The van der Waals surface area contributed by atoms with E-state index in [9.17, 15) is 22.4 Å². The maximum Gasteiger partial charge on any atom is 0.390 e. The highest BCUT2D eigenvalue weighted by Gasteiger charge is 2.40. The predicted molar refractivity (Wildman–Crippen MR) is 141 cm³/mol. The van der Waals surface area contributed by atoms with Crippen molar-refractivity contribution in [1.29, 1.82) is 0 Å². The maximum atomic E-state index is 14.4. The number of alkyl halides is 3. The number of hydrogen-bond acceptors (Lipinski definition) is 7. The monoisotopic (exact) mass is 554 g/mol. The molecule has 0 fully saturated rings. The topological polar surface area (TPSA) is 124 Å². The summed E-state index contributed by atoms with van der Waals surface area (Å²) < 4.78 is 54.2. The van der Waals surface area contributed by atoms with Crippen LogP contribution >= 0.6 is 0 Å². The second-order valence-corrected chi connectivity index (χ2v) is 10.1. The molecule has 0 saturated heterocycles. The molecule has 0 spiro atoms. The molecule has 1 atom stereocenters. The molecule has 4 N–H and O–H groups in total. The lowest BCUT2D eigenvalue weighted by Crippen LogP contribution is -2.40. The number of pyridine rings is 1. The molecule has 1 aliphatic heterocycles. The third-order valence-corrected chi connectivity index (χ3v) is 6.79. The van der Waals surface area contributed by atoms with Crippen molar-refractivity contribution >= 4 is 22.8 Å². The molecule has 1 aliphatic rings. The van der Waals surface area contributed by atoms with Gasteiger partial charge in [0.15, 0.2) is 11.5 Å². The zero-order valence-corrected chi connectivity index (χ0v) is 21.7. The van der Waals surface area contributed by atoms with Crippen molar-refractivity contribution in [2.24, 2.45) is 5.73 Å². The van der Waals surface area contributed by atoms with Crippen LogP contribution < -0.4 is 16.4 Å². The number of carbonyl (C=O) groups is 1. The van der Waals surface area contributed by atoms with Crippen LogP contribution in [0.2, 0.25) is 0 Å². The van der Waals surface area contributed by atoms with Crippen molar-refractivity contribution in [1.82, 2.24) is 30.0 Å². The number of amides is 1. The number of allylic oxidation sites excluding steroid dienone is 1. The molecule has 9 nitrogen and oxygen atoms in total. The Labute approximate surface area is 226 Å². The minimum atomic E-state index is -4.46. The lowest BCUT2D eigenvalue weighted by molar-refractivity contribution is -0.137. The number of anilines is 1. The van der Waals surface area contributed by atoms with Crippen molar-refractivity contribution < 1.29 is 22.4 Å². The first kappa shape index (κ1) is 27.2. The van der Waals surface area contributed by atoms with E-state index in [2.05, 4.69) is 37.3 Å². The molecule has 0 saturated carbocycles. The standard InChI is InChI=1S/C27H26F4N8O/c1-14-26(2,3)19-21(25(40)34-12-16(32)11-27(29,30)31)36-23(37-22(19)35-14)20-17-8-6-10-33-24(17)39(38-20)13-15-7-4-5-9-18(15)28/h4-10,16H,1,11-13,32H2,2-3H3,(H,34,40)(H,35,36,37). The molecule has 4 aromatic rings. The first-order valence-corrected chi connectivity index (χ1v) is 12.4. The van der Waals surface area contributed by atoms with Crippen LogP contribution in [0, 0.1) is 5.82 Å². The number of nitrogens with one attached hydrogen (secondary N) is 2. The largest absolute Gasteiger partial charge is 0.390 e. The Morgan fingerprint density at radius 2 is 1.95 bits per heavy atom. The Balaban J connectivity index is 1.58. The van der Waals surface area contributed by atoms with Gasteiger partial charge in [-0.1, -0.05) is 38.6 Å². The SMILES string of the molecule is C=C1Nc2nc(-c3nn(Cc4ccccc4F)c4ncccc34)nc(C(=O)NCC(N)CC(F)(F)F)c2C1(C)C. The van der Waals surface area contributed by atoms with Gasteiger partial charge in [0.25, 0.3) is 5.91 Å². The molecular formula is C27H26F4N8O. The minimum absolute atomic E-state index is 0.0453. The molecule has 208 valence electrons. The highest BCUT2D eigenvalue weighted by molar-refractivity contribution is 5.98. The van der Waals surface area contributed by atoms with Crippen LogP contribution in [-0.2, 0) is 12.0 Å². The zero-order chi connectivity index (χ0) is 28.8. The van der Waals surface area contributed by atoms with Gasteiger partial charge in [-0.25, -0.2) is 24.0 Å². The van der Waals surface area contributed by atoms with Gasteiger partial charge in [-0.15, -0.1) is 0 Å². The first-order valence-electron chi connectivity index (χ1n) is 12.4. The quantitative estimate of drug-likeness (QED) is 0.291. The smallest absolute Gasteiger partial charge is 0.349 e. The van der Waals surface area contributed by atoms with E-state index in [1.807, 2.05) is 13.8 Å². The van der Waals surface area contributed by atoms with Gasteiger partial charge in [0.1, 0.15) is 23.0 Å². The van der Waals surface area contributed by atoms with Crippen LogP contribution in [0.5, 0.6) is 0 Å². The Bertz CT molecular complexity index is 1630. The van der Waals surface area contributed by atoms with Crippen LogP contribution in [0.1, 0.15) is 41.9 Å². The number of nitrogens with zero attached hydrogens (tertiary/aromatic N) is 5. The minimum Gasteiger partial charge on any atom is -0.349 e. The van der Waals surface area contributed by atoms with E-state index in [0.29, 0.717) is 39.4 Å². The van der Waals surface area contributed by atoms with Crippen molar-refractivity contribution in [3.05, 3.63) is 77.5 Å². The summed E-state index contributed by atoms with van der Waals surface area (Å²) in [6.07, 6.45) is -4.14. The van der Waals surface area contributed by atoms with Gasteiger partial charge < -0.3 is 16.4 Å². The molecule has 13 heteroatoms. The molecule has 0 bridgehead atoms. The van der Waals surface area contributed by atoms with E-state index in [0.717, 1.165) is 0 Å². The number of halogens is 4. The van der Waals surface area contributed by atoms with Gasteiger partial charge in [-0.2, -0.15) is 18.3 Å². The molecular weight excluding hydrogens is 528 g/mol. The maximum absolute atomic E-state index is 14.4. The van der Waals surface area contributed by atoms with Gasteiger partial charge in [0.2, 0.25) is 0 Å². The average Bonchev–Trinajstić information content (AvgIpc) is 3.36. The Kier molecular flexibility index (Phi) is 6.78. The van der Waals surface area contributed by atoms with Crippen LogP contribution in [0.25, 0.3) is 22.6 Å². The fourth-order valence-corrected chi connectivity index (χ4v) is 4.61. The summed E-state index contributed by atoms with van der Waals surface area (Å²) in [7, 11) is 0. The number of aromatic nitrogens is 5. The molecule has 3 aromatic heterocycles. The summed E-state index contributed by atoms with van der Waals surface area (Å²) in [4.78, 5) is 26.9. The van der Waals surface area contributed by atoms with Gasteiger partial charge in [-0.3, -0.25) is 4.79 Å². The molecule has 0 radical (unpaired) electrons. The molecule has 0 aliphatic carbocycles. The van der Waals surface area contributed by atoms with Crippen LogP contribution in [-0.4, -0.2) is 49.4 Å². The van der Waals surface area contributed by atoms with E-state index in [4.69, 9.17) is 5.73 Å². The highest BCUT2D eigenvalue weighted by atomic mass is 19.4. The average molecular weight is 555 g/mol. The molecule has 1 amide bonds. The van der Waals surface area contributed by atoms with Crippen LogP contribution in [0.15, 0.2) is 54.9 Å². The van der Waals surface area contributed by atoms with Crippen molar-refractivity contribution in [3.8, 4) is 11.5 Å². The second-order valence-electron chi connectivity index (χ2n) is 10.1. The second kappa shape index (κ2) is 9.97. The summed E-state index contributed by atoms with van der Waals surface area (Å²) in [5.41, 5.74) is 6.93. The highest BCUT2D eigenvalue weighted by Crippen LogP contribution is 2.44. The normalized spacial score (nSPS) is 15.1. The number of carbonyl (C=O) groups excluding carboxylic acids is 1. The lowest BCUT2D eigenvalue weighted by Gasteiger charge is -2.21. The van der Waals surface area contributed by atoms with Gasteiger partial charge in [0.05, 0.1) is 18.4 Å². The zero-order valence-electron chi connectivity index (χ0n) is 21.7. The third-order valence-electron chi connectivity index (χ3n) is 6.79. The van der Waals surface area contributed by atoms with Gasteiger partial charge in [-0.05, 0) is 18.2 Å². The first-order chi connectivity index (χ1) is 18.8. The summed E-state index contributed by atoms with van der Waals surface area (Å²) >= 11 is 0. The summed E-state index contributed by atoms with van der Waals surface area (Å²) in [6, 6.07) is 8.42. The fraction of sp³-hybridized carbons (Fsp3) is 0.296. The van der Waals surface area contributed by atoms with E-state index in [1.165, 1.54) is 10.7 Å². The summed E-state index contributed by atoms with van der Waals surface area (Å²) in [5, 5.41) is 10.8. The Hall–Kier alpha value is -4.39. The lowest BCUT2D eigenvalue weighted by atomic mass is 9.84. The van der Waals surface area contributed by atoms with Gasteiger partial charge in [0, 0.05) is 41.0 Å². The van der Waals surface area contributed by atoms with E-state index in [1.54, 1.807) is 36.5 Å². The van der Waals surface area contributed by atoms with E-state index >= 15 is 0 Å². The summed E-state index contributed by atoms with van der Waals surface area (Å²) in [5.74, 6) is -0.711. The molecule has 4 heterocycles. The van der Waals surface area contributed by atoms with Crippen molar-refractivity contribution in [2.45, 2.75) is 44.4 Å². The van der Waals surface area contributed by atoms with E-state index in [-0.39, 0.29) is 18.1 Å². The number of hydrogen-bond donors (Lipinski definition) is 3. The summed E-state index contributed by atoms with van der Waals surface area (Å²) in [6.45, 7) is 7.35. The number of rotatable bonds is 7. The molecule has 1 unspecified atom stereocenters. The fourth-order valence-electron chi connectivity index (χ4n) is 4.61. The molecule has 5 rings (SSSR count). The van der Waals surface area contributed by atoms with Crippen LogP contribution in [0.3, 0.4) is 0 Å². The number of nitrogens with two attached hydrogens (primary N) is 1. The Morgan fingerprint density at radius 3 is 2.67 bits per heavy atom. The Morgan fingerprint density at radius 1 is 1.20 bits per heavy atom. The van der Waals surface area contributed by atoms with Crippen molar-refractivity contribution in [3.63, 3.8) is 0 Å². The van der Waals surface area contributed by atoms with E-state index < -0.39 is 42.3 Å². The number of fused-ring (bicyclic) bond motifs is 2. The predicted octanol–water partition coefficient (Wildman–Crippen LogP) is 4.30. The van der Waals surface area contributed by atoms with Crippen LogP contribution in [0.4, 0.5) is 23.4 Å². The third kappa shape index (κ3) is 5.11.